The molecule has 1 heterocycles. The maximum absolute atomic E-state index is 11.1. The zero-order valence-electron chi connectivity index (χ0n) is 9.21. The molecule has 0 aliphatic heterocycles. The molecule has 0 saturated heterocycles. The van der Waals surface area contributed by atoms with Crippen LogP contribution in [-0.4, -0.2) is 21.0 Å². The molecule has 0 aliphatic carbocycles. The first kappa shape index (κ1) is 13.0. The Morgan fingerprint density at radius 1 is 1.39 bits per heavy atom. The van der Waals surface area contributed by atoms with Crippen LogP contribution in [0.25, 0.3) is 0 Å². The molecule has 0 fully saturated rings. The number of carboxylic acid groups (broad SMARTS) is 1. The van der Waals surface area contributed by atoms with Crippen LogP contribution in [0.3, 0.4) is 0 Å². The Labute approximate surface area is 117 Å². The van der Waals surface area contributed by atoms with E-state index >= 15 is 0 Å². The van der Waals surface area contributed by atoms with Crippen molar-refractivity contribution in [1.82, 2.24) is 9.97 Å². The van der Waals surface area contributed by atoms with Gasteiger partial charge in [-0.1, -0.05) is 15.9 Å². The molecule has 2 aromatic rings. The summed E-state index contributed by atoms with van der Waals surface area (Å²) in [7, 11) is 0. The molecule has 0 aliphatic rings. The first-order valence-electron chi connectivity index (χ1n) is 5.07. The Balaban J connectivity index is 2.18. The molecule has 0 unspecified atom stereocenters. The van der Waals surface area contributed by atoms with Crippen molar-refractivity contribution in [2.45, 2.75) is 10.6 Å². The minimum absolute atomic E-state index is 0.298. The molecule has 2 rings (SSSR count). The van der Waals surface area contributed by atoms with Crippen LogP contribution in [0, 0.1) is 0 Å². The summed E-state index contributed by atoms with van der Waals surface area (Å²) >= 11 is 4.77. The maximum atomic E-state index is 11.1. The lowest BCUT2D eigenvalue weighted by Crippen LogP contribution is -1.99. The highest BCUT2D eigenvalue weighted by atomic mass is 79.9. The van der Waals surface area contributed by atoms with Crippen molar-refractivity contribution in [3.63, 3.8) is 0 Å². The summed E-state index contributed by atoms with van der Waals surface area (Å²) in [5.74, 6) is -0.339. The first-order valence-corrected chi connectivity index (χ1v) is 6.85. The molecule has 1 N–H and O–H groups in total. The van der Waals surface area contributed by atoms with Gasteiger partial charge >= 0.3 is 5.97 Å². The van der Waals surface area contributed by atoms with Gasteiger partial charge in [0, 0.05) is 33.7 Å². The van der Waals surface area contributed by atoms with Crippen LogP contribution < -0.4 is 0 Å². The molecule has 6 heteroatoms. The number of aromatic nitrogens is 2. The number of carboxylic acids is 1. The SMILES string of the molecule is O=C(O)c1ccc(Br)cc1SCc1cnccn1. The Kier molecular flexibility index (Phi) is 4.33. The molecule has 0 amide bonds. The monoisotopic (exact) mass is 324 g/mol. The second kappa shape index (κ2) is 5.97. The van der Waals surface area contributed by atoms with Gasteiger partial charge < -0.3 is 5.11 Å². The third kappa shape index (κ3) is 3.30. The fraction of sp³-hybridized carbons (Fsp3) is 0.0833. The number of rotatable bonds is 4. The molecular weight excluding hydrogens is 316 g/mol. The Bertz CT molecular complexity index is 563. The summed E-state index contributed by atoms with van der Waals surface area (Å²) in [5, 5.41) is 9.10. The second-order valence-electron chi connectivity index (χ2n) is 3.43. The van der Waals surface area contributed by atoms with Crippen molar-refractivity contribution in [1.29, 1.82) is 0 Å². The predicted molar refractivity (Wildman–Crippen MR) is 72.7 cm³/mol. The van der Waals surface area contributed by atoms with Gasteiger partial charge in [0.05, 0.1) is 11.3 Å². The largest absolute Gasteiger partial charge is 0.478 e. The van der Waals surface area contributed by atoms with Gasteiger partial charge in [-0.25, -0.2) is 4.79 Å². The molecule has 4 nitrogen and oxygen atoms in total. The van der Waals surface area contributed by atoms with E-state index < -0.39 is 5.97 Å². The van der Waals surface area contributed by atoms with E-state index in [2.05, 4.69) is 25.9 Å². The standard InChI is InChI=1S/C12H9BrN2O2S/c13-8-1-2-10(12(16)17)11(5-8)18-7-9-6-14-3-4-15-9/h1-6H,7H2,(H,16,17). The number of halogens is 1. The third-order valence-corrected chi connectivity index (χ3v) is 3.75. The van der Waals surface area contributed by atoms with Crippen molar-refractivity contribution in [3.8, 4) is 0 Å². The van der Waals surface area contributed by atoms with E-state index in [4.69, 9.17) is 5.11 Å². The highest BCUT2D eigenvalue weighted by molar-refractivity contribution is 9.10. The number of nitrogens with zero attached hydrogens (tertiary/aromatic N) is 2. The zero-order chi connectivity index (χ0) is 13.0. The van der Waals surface area contributed by atoms with E-state index in [0.717, 1.165) is 10.2 Å². The number of hydrogen-bond donors (Lipinski definition) is 1. The molecule has 0 radical (unpaired) electrons. The summed E-state index contributed by atoms with van der Waals surface area (Å²) in [6.07, 6.45) is 4.90. The molecular formula is C12H9BrN2O2S. The lowest BCUT2D eigenvalue weighted by molar-refractivity contribution is 0.0693. The number of carbonyl (C=O) groups is 1. The molecule has 0 saturated carbocycles. The Hall–Kier alpha value is -1.40. The van der Waals surface area contributed by atoms with Crippen molar-refractivity contribution in [2.24, 2.45) is 0 Å². The summed E-state index contributed by atoms with van der Waals surface area (Å²) in [4.78, 5) is 19.9. The number of benzene rings is 1. The lowest BCUT2D eigenvalue weighted by Gasteiger charge is -2.06. The van der Waals surface area contributed by atoms with Gasteiger partial charge in [-0.05, 0) is 18.2 Å². The Morgan fingerprint density at radius 3 is 2.89 bits per heavy atom. The molecule has 18 heavy (non-hydrogen) atoms. The molecule has 1 aromatic carbocycles. The summed E-state index contributed by atoms with van der Waals surface area (Å²) < 4.78 is 0.856. The fourth-order valence-electron chi connectivity index (χ4n) is 1.35. The Morgan fingerprint density at radius 2 is 2.22 bits per heavy atom. The van der Waals surface area contributed by atoms with Crippen molar-refractivity contribution in [3.05, 3.63) is 52.5 Å². The van der Waals surface area contributed by atoms with E-state index in [1.165, 1.54) is 11.8 Å². The molecule has 0 bridgehead atoms. The lowest BCUT2D eigenvalue weighted by atomic mass is 10.2. The molecule has 0 atom stereocenters. The van der Waals surface area contributed by atoms with Gasteiger partial charge in [0.15, 0.2) is 0 Å². The third-order valence-electron chi connectivity index (χ3n) is 2.17. The van der Waals surface area contributed by atoms with Gasteiger partial charge in [0.25, 0.3) is 0 Å². The number of thioether (sulfide) groups is 1. The van der Waals surface area contributed by atoms with Gasteiger partial charge in [0.2, 0.25) is 0 Å². The predicted octanol–water partition coefficient (Wildman–Crippen LogP) is 3.23. The van der Waals surface area contributed by atoms with Crippen LogP contribution in [0.2, 0.25) is 0 Å². The smallest absolute Gasteiger partial charge is 0.336 e. The van der Waals surface area contributed by atoms with Crippen molar-refractivity contribution < 1.29 is 9.90 Å². The van der Waals surface area contributed by atoms with Crippen LogP contribution >= 0.6 is 27.7 Å². The molecule has 1 aromatic heterocycles. The maximum Gasteiger partial charge on any atom is 0.336 e. The average molecular weight is 325 g/mol. The average Bonchev–Trinajstić information content (AvgIpc) is 2.37. The van der Waals surface area contributed by atoms with Gasteiger partial charge in [-0.2, -0.15) is 0 Å². The van der Waals surface area contributed by atoms with E-state index in [9.17, 15) is 4.79 Å². The number of aromatic carboxylic acids is 1. The first-order chi connectivity index (χ1) is 8.66. The second-order valence-corrected chi connectivity index (χ2v) is 5.36. The number of hydrogen-bond acceptors (Lipinski definition) is 4. The van der Waals surface area contributed by atoms with Crippen LogP contribution in [0.4, 0.5) is 0 Å². The van der Waals surface area contributed by atoms with E-state index in [1.54, 1.807) is 36.8 Å². The fourth-order valence-corrected chi connectivity index (χ4v) is 2.83. The van der Waals surface area contributed by atoms with E-state index in [1.807, 2.05) is 0 Å². The summed E-state index contributed by atoms with van der Waals surface area (Å²) in [6.45, 7) is 0. The van der Waals surface area contributed by atoms with Gasteiger partial charge in [-0.15, -0.1) is 11.8 Å². The normalized spacial score (nSPS) is 10.3. The quantitative estimate of drug-likeness (QED) is 0.875. The minimum atomic E-state index is -0.927. The minimum Gasteiger partial charge on any atom is -0.478 e. The van der Waals surface area contributed by atoms with Gasteiger partial charge in [-0.3, -0.25) is 9.97 Å². The van der Waals surface area contributed by atoms with E-state index in [0.29, 0.717) is 16.2 Å². The summed E-state index contributed by atoms with van der Waals surface area (Å²) in [6, 6.07) is 5.10. The van der Waals surface area contributed by atoms with Crippen molar-refractivity contribution >= 4 is 33.7 Å². The van der Waals surface area contributed by atoms with Crippen LogP contribution in [0.5, 0.6) is 0 Å². The van der Waals surface area contributed by atoms with Gasteiger partial charge in [0.1, 0.15) is 0 Å². The van der Waals surface area contributed by atoms with Crippen LogP contribution in [0.1, 0.15) is 16.1 Å². The zero-order valence-corrected chi connectivity index (χ0v) is 11.6. The van der Waals surface area contributed by atoms with Crippen molar-refractivity contribution in [2.75, 3.05) is 0 Å². The summed E-state index contributed by atoms with van der Waals surface area (Å²) in [5.41, 5.74) is 1.12. The van der Waals surface area contributed by atoms with Crippen LogP contribution in [0.15, 0.2) is 46.2 Å². The van der Waals surface area contributed by atoms with Crippen LogP contribution in [-0.2, 0) is 5.75 Å². The molecule has 0 spiro atoms. The topological polar surface area (TPSA) is 63.1 Å². The molecule has 92 valence electrons. The highest BCUT2D eigenvalue weighted by Gasteiger charge is 2.11. The van der Waals surface area contributed by atoms with E-state index in [-0.39, 0.29) is 0 Å². The highest BCUT2D eigenvalue weighted by Crippen LogP contribution is 2.28.